The monoisotopic (exact) mass is 589 g/mol. The number of aliphatic imine (C=N–C) groups is 3. The summed E-state index contributed by atoms with van der Waals surface area (Å²) in [6.07, 6.45) is 3.82. The Morgan fingerprint density at radius 3 is 2.79 bits per heavy atom. The molecule has 4 aliphatic heterocycles. The second-order valence-electron chi connectivity index (χ2n) is 10.3. The Morgan fingerprint density at radius 1 is 1.23 bits per heavy atom. The lowest BCUT2D eigenvalue weighted by molar-refractivity contribution is -0.133. The molecule has 0 saturated heterocycles. The maximum Gasteiger partial charge on any atom is 0.254 e. The number of dihydropyridines is 1. The van der Waals surface area contributed by atoms with E-state index in [1.807, 2.05) is 21.7 Å². The number of fused-ring (bicyclic) bond motifs is 1. The van der Waals surface area contributed by atoms with E-state index in [0.717, 1.165) is 22.5 Å². The van der Waals surface area contributed by atoms with Gasteiger partial charge in [-0.15, -0.1) is 0 Å². The van der Waals surface area contributed by atoms with Crippen molar-refractivity contribution in [3.8, 4) is 11.4 Å². The van der Waals surface area contributed by atoms with Gasteiger partial charge in [0.15, 0.2) is 0 Å². The van der Waals surface area contributed by atoms with Gasteiger partial charge in [0.25, 0.3) is 5.91 Å². The number of halogens is 1. The van der Waals surface area contributed by atoms with E-state index in [1.165, 1.54) is 12.4 Å². The SMILES string of the molecule is C=CC(=O)N1CCc2nn(-c3ccc(C(C)C)cc3O)c3c2C(C1)N(C(=O)C1=C2N=CN=C2C(Br)=NC1)CC3. The third kappa shape index (κ3) is 4.15. The Bertz CT molecular complexity index is 1550. The predicted octanol–water partition coefficient (Wildman–Crippen LogP) is 3.24. The zero-order valence-corrected chi connectivity index (χ0v) is 23.3. The first-order valence-corrected chi connectivity index (χ1v) is 13.8. The van der Waals surface area contributed by atoms with Gasteiger partial charge >= 0.3 is 0 Å². The number of hydrogen-bond donors (Lipinski definition) is 1. The fraction of sp³-hybridized carbons (Fsp3) is 0.357. The summed E-state index contributed by atoms with van der Waals surface area (Å²) in [6.45, 7) is 9.22. The fourth-order valence-electron chi connectivity index (χ4n) is 5.72. The molecule has 2 amide bonds. The first kappa shape index (κ1) is 25.4. The molecule has 1 N–H and O–H groups in total. The van der Waals surface area contributed by atoms with E-state index in [9.17, 15) is 14.7 Å². The molecule has 0 aliphatic carbocycles. The van der Waals surface area contributed by atoms with E-state index in [0.29, 0.717) is 59.8 Å². The number of phenols is 1. The highest BCUT2D eigenvalue weighted by molar-refractivity contribution is 9.19. The molecule has 5 heterocycles. The molecule has 1 unspecified atom stereocenters. The van der Waals surface area contributed by atoms with Crippen LogP contribution >= 0.6 is 15.9 Å². The van der Waals surface area contributed by atoms with Crippen LogP contribution < -0.4 is 0 Å². The number of nitrogens with zero attached hydrogens (tertiary/aromatic N) is 7. The van der Waals surface area contributed by atoms with Crippen LogP contribution in [-0.4, -0.2) is 79.4 Å². The Hall–Kier alpha value is -3.86. The molecule has 1 aromatic carbocycles. The van der Waals surface area contributed by atoms with Crippen molar-refractivity contribution in [3.05, 3.63) is 64.6 Å². The fourth-order valence-corrected chi connectivity index (χ4v) is 6.14. The quantitative estimate of drug-likeness (QED) is 0.551. The lowest BCUT2D eigenvalue weighted by Gasteiger charge is -2.38. The highest BCUT2D eigenvalue weighted by Gasteiger charge is 2.42. The molecule has 1 aromatic heterocycles. The standard InChI is InChI=1S/C28H28BrN7O3/c1-4-23(38)34-9-7-18-24-20(36(33-18)19-6-5-16(15(2)3)11-22(19)37)8-10-35(21(24)13-34)28(39)17-12-30-27(29)26-25(17)31-14-32-26/h4-6,11,14-15,21,37H,1,7-10,12-13H2,2-3H3. The number of aromatic nitrogens is 2. The summed E-state index contributed by atoms with van der Waals surface area (Å²) in [5, 5.41) is 15.9. The minimum atomic E-state index is -0.415. The molecule has 4 aliphatic rings. The van der Waals surface area contributed by atoms with E-state index in [-0.39, 0.29) is 30.0 Å². The van der Waals surface area contributed by atoms with E-state index in [1.54, 1.807) is 11.0 Å². The van der Waals surface area contributed by atoms with Crippen molar-refractivity contribution in [3.63, 3.8) is 0 Å². The normalized spacial score (nSPS) is 19.9. The second kappa shape index (κ2) is 9.71. The van der Waals surface area contributed by atoms with E-state index in [4.69, 9.17) is 5.10 Å². The molecule has 0 radical (unpaired) electrons. The third-order valence-corrected chi connectivity index (χ3v) is 8.39. The van der Waals surface area contributed by atoms with Crippen LogP contribution in [0, 0.1) is 0 Å². The smallest absolute Gasteiger partial charge is 0.254 e. The predicted molar refractivity (Wildman–Crippen MR) is 152 cm³/mol. The van der Waals surface area contributed by atoms with Gasteiger partial charge in [0, 0.05) is 38.0 Å². The lowest BCUT2D eigenvalue weighted by atomic mass is 9.94. The van der Waals surface area contributed by atoms with Crippen LogP contribution in [0.2, 0.25) is 0 Å². The summed E-state index contributed by atoms with van der Waals surface area (Å²) < 4.78 is 2.40. The molecule has 6 rings (SSSR count). The van der Waals surface area contributed by atoms with Crippen molar-refractivity contribution in [1.82, 2.24) is 19.6 Å². The number of carbonyl (C=O) groups excluding carboxylic acids is 2. The van der Waals surface area contributed by atoms with Crippen molar-refractivity contribution in [2.24, 2.45) is 15.0 Å². The summed E-state index contributed by atoms with van der Waals surface area (Å²) in [4.78, 5) is 43.4. The molecular formula is C28H28BrN7O3. The molecule has 0 spiro atoms. The van der Waals surface area contributed by atoms with Gasteiger partial charge in [0.1, 0.15) is 33.8 Å². The van der Waals surface area contributed by atoms with Crippen LogP contribution in [0.1, 0.15) is 48.3 Å². The first-order chi connectivity index (χ1) is 18.8. The van der Waals surface area contributed by atoms with Crippen molar-refractivity contribution in [2.75, 3.05) is 26.2 Å². The maximum atomic E-state index is 14.1. The summed E-state index contributed by atoms with van der Waals surface area (Å²) >= 11 is 3.41. The molecule has 0 bridgehead atoms. The zero-order valence-electron chi connectivity index (χ0n) is 21.8. The van der Waals surface area contributed by atoms with Crippen molar-refractivity contribution < 1.29 is 14.7 Å². The van der Waals surface area contributed by atoms with Gasteiger partial charge in [0.2, 0.25) is 5.91 Å². The van der Waals surface area contributed by atoms with Gasteiger partial charge in [-0.2, -0.15) is 5.10 Å². The van der Waals surface area contributed by atoms with E-state index >= 15 is 0 Å². The molecule has 0 saturated carbocycles. The molecule has 11 heteroatoms. The van der Waals surface area contributed by atoms with Crippen molar-refractivity contribution >= 4 is 44.4 Å². The number of amides is 2. The number of benzene rings is 1. The van der Waals surface area contributed by atoms with Crippen LogP contribution in [0.25, 0.3) is 5.69 Å². The Morgan fingerprint density at radius 2 is 2.05 bits per heavy atom. The molecule has 10 nitrogen and oxygen atoms in total. The van der Waals surface area contributed by atoms with Crippen LogP contribution in [0.3, 0.4) is 0 Å². The van der Waals surface area contributed by atoms with Gasteiger partial charge in [0.05, 0.1) is 29.5 Å². The van der Waals surface area contributed by atoms with Gasteiger partial charge in [-0.05, 0) is 45.6 Å². The van der Waals surface area contributed by atoms with E-state index in [2.05, 4.69) is 51.3 Å². The van der Waals surface area contributed by atoms with Gasteiger partial charge < -0.3 is 14.9 Å². The summed E-state index contributed by atoms with van der Waals surface area (Å²) in [5.41, 5.74) is 5.93. The van der Waals surface area contributed by atoms with Crippen molar-refractivity contribution in [2.45, 2.75) is 38.6 Å². The van der Waals surface area contributed by atoms with Crippen LogP contribution in [0.15, 0.2) is 57.1 Å². The Labute approximate surface area is 234 Å². The van der Waals surface area contributed by atoms with Crippen molar-refractivity contribution in [1.29, 1.82) is 0 Å². The molecule has 1 atom stereocenters. The number of hydrogen-bond acceptors (Lipinski definition) is 7. The van der Waals surface area contributed by atoms with Crippen LogP contribution in [-0.2, 0) is 22.4 Å². The maximum absolute atomic E-state index is 14.1. The molecule has 2 aromatic rings. The number of carbonyl (C=O) groups is 2. The topological polar surface area (TPSA) is 116 Å². The summed E-state index contributed by atoms with van der Waals surface area (Å²) in [5.74, 6) is 0.0892. The minimum absolute atomic E-state index is 0.164. The highest BCUT2D eigenvalue weighted by atomic mass is 79.9. The lowest BCUT2D eigenvalue weighted by Crippen LogP contribution is -2.47. The minimum Gasteiger partial charge on any atom is -0.506 e. The number of phenolic OH excluding ortho intramolecular Hbond substituents is 1. The van der Waals surface area contributed by atoms with Gasteiger partial charge in [-0.1, -0.05) is 26.5 Å². The summed E-state index contributed by atoms with van der Waals surface area (Å²) in [7, 11) is 0. The van der Waals surface area contributed by atoms with Gasteiger partial charge in [-0.25, -0.2) is 14.7 Å². The second-order valence-corrected chi connectivity index (χ2v) is 11.0. The number of aromatic hydroxyl groups is 1. The Balaban J connectivity index is 1.44. The average Bonchev–Trinajstić information content (AvgIpc) is 3.51. The van der Waals surface area contributed by atoms with Crippen LogP contribution in [0.5, 0.6) is 5.75 Å². The number of allylic oxidation sites excluding steroid dienone is 1. The first-order valence-electron chi connectivity index (χ1n) is 13.0. The third-order valence-electron chi connectivity index (χ3n) is 7.76. The largest absolute Gasteiger partial charge is 0.506 e. The molecule has 200 valence electrons. The Kier molecular flexibility index (Phi) is 6.33. The number of rotatable bonds is 4. The van der Waals surface area contributed by atoms with Gasteiger partial charge in [-0.3, -0.25) is 14.6 Å². The highest BCUT2D eigenvalue weighted by Crippen LogP contribution is 2.39. The average molecular weight is 590 g/mol. The zero-order chi connectivity index (χ0) is 27.4. The summed E-state index contributed by atoms with van der Waals surface area (Å²) in [6, 6.07) is 5.28. The molecular weight excluding hydrogens is 562 g/mol. The van der Waals surface area contributed by atoms with E-state index < -0.39 is 6.04 Å². The van der Waals surface area contributed by atoms with Crippen LogP contribution in [0.4, 0.5) is 0 Å². The molecule has 39 heavy (non-hydrogen) atoms. The molecule has 0 fully saturated rings.